The number of likely N-dealkylation sites (N-methyl/N-ethyl adjacent to an activating group) is 1. The Bertz CT molecular complexity index is 727. The molecule has 1 aliphatic heterocycles. The topological polar surface area (TPSA) is 62.4 Å². The first-order valence-electron chi connectivity index (χ1n) is 5.81. The molecule has 0 radical (unpaired) electrons. The highest BCUT2D eigenvalue weighted by molar-refractivity contribution is 6.34. The molecule has 1 aromatic heterocycles. The Labute approximate surface area is 109 Å². The first kappa shape index (κ1) is 11.5. The zero-order valence-corrected chi connectivity index (χ0v) is 10.6. The predicted molar refractivity (Wildman–Crippen MR) is 70.6 cm³/mol. The monoisotopic (exact) mass is 256 g/mol. The summed E-state index contributed by atoms with van der Waals surface area (Å²) in [4.78, 5) is 27.7. The largest absolute Gasteiger partial charge is 0.497 e. The number of methoxy groups -OCH3 is 1. The summed E-state index contributed by atoms with van der Waals surface area (Å²) in [5.74, 6) is 0.130. The number of H-pyrrole nitrogens is 1. The van der Waals surface area contributed by atoms with Crippen LogP contribution in [0.25, 0.3) is 16.5 Å². The fraction of sp³-hybridized carbons (Fsp3) is 0.143. The number of carbonyl (C=O) groups is 2. The Hall–Kier alpha value is -2.56. The molecule has 2 amide bonds. The molecule has 0 unspecified atom stereocenters. The smallest absolute Gasteiger partial charge is 0.261 e. The maximum atomic E-state index is 12.0. The normalized spacial score (nSPS) is 15.3. The van der Waals surface area contributed by atoms with Crippen molar-refractivity contribution in [1.29, 1.82) is 0 Å². The fourth-order valence-electron chi connectivity index (χ4n) is 2.21. The zero-order valence-electron chi connectivity index (χ0n) is 10.6. The predicted octanol–water partition coefficient (Wildman–Crippen LogP) is 1.56. The number of nitrogens with zero attached hydrogens (tertiary/aromatic N) is 1. The van der Waals surface area contributed by atoms with Crippen molar-refractivity contribution in [2.24, 2.45) is 0 Å². The van der Waals surface area contributed by atoms with Crippen LogP contribution in [-0.2, 0) is 9.59 Å². The number of amides is 2. The van der Waals surface area contributed by atoms with E-state index in [1.165, 1.54) is 13.1 Å². The molecule has 3 rings (SSSR count). The van der Waals surface area contributed by atoms with Gasteiger partial charge in [-0.15, -0.1) is 0 Å². The van der Waals surface area contributed by atoms with Crippen LogP contribution in [0.15, 0.2) is 30.5 Å². The number of aromatic nitrogens is 1. The molecule has 5 nitrogen and oxygen atoms in total. The maximum Gasteiger partial charge on any atom is 0.261 e. The quantitative estimate of drug-likeness (QED) is 0.829. The van der Waals surface area contributed by atoms with Crippen molar-refractivity contribution < 1.29 is 14.3 Å². The van der Waals surface area contributed by atoms with Crippen LogP contribution in [0, 0.1) is 0 Å². The average molecular weight is 256 g/mol. The highest BCUT2D eigenvalue weighted by Gasteiger charge is 2.29. The lowest BCUT2D eigenvalue weighted by molar-refractivity contribution is -0.134. The summed E-state index contributed by atoms with van der Waals surface area (Å²) >= 11 is 0. The minimum atomic E-state index is -0.294. The van der Waals surface area contributed by atoms with Crippen molar-refractivity contribution in [1.82, 2.24) is 9.88 Å². The van der Waals surface area contributed by atoms with Crippen molar-refractivity contribution in [2.45, 2.75) is 0 Å². The van der Waals surface area contributed by atoms with Gasteiger partial charge in [-0.3, -0.25) is 14.5 Å². The molecular weight excluding hydrogens is 244 g/mol. The minimum absolute atomic E-state index is 0.284. The number of benzene rings is 1. The van der Waals surface area contributed by atoms with Crippen LogP contribution in [0.4, 0.5) is 0 Å². The highest BCUT2D eigenvalue weighted by Crippen LogP contribution is 2.31. The van der Waals surface area contributed by atoms with Crippen LogP contribution >= 0.6 is 0 Å². The summed E-state index contributed by atoms with van der Waals surface area (Å²) in [6.45, 7) is 0. The molecule has 2 heterocycles. The Morgan fingerprint density at radius 1 is 1.26 bits per heavy atom. The molecule has 5 heteroatoms. The van der Waals surface area contributed by atoms with Crippen molar-refractivity contribution in [3.05, 3.63) is 36.0 Å². The number of aromatic amines is 1. The summed E-state index contributed by atoms with van der Waals surface area (Å²) in [6.07, 6.45) is 3.10. The lowest BCUT2D eigenvalue weighted by Gasteiger charge is -2.06. The van der Waals surface area contributed by atoms with Crippen LogP contribution < -0.4 is 4.74 Å². The van der Waals surface area contributed by atoms with E-state index in [2.05, 4.69) is 4.98 Å². The van der Waals surface area contributed by atoms with Crippen molar-refractivity contribution in [3.63, 3.8) is 0 Å². The van der Waals surface area contributed by atoms with E-state index in [1.54, 1.807) is 13.3 Å². The molecule has 96 valence electrons. The minimum Gasteiger partial charge on any atom is -0.497 e. The lowest BCUT2D eigenvalue weighted by Crippen LogP contribution is -2.25. The Kier molecular flexibility index (Phi) is 2.41. The number of carbonyl (C=O) groups excluding carboxylic acids is 2. The number of hydrogen-bond donors (Lipinski definition) is 1. The van der Waals surface area contributed by atoms with Gasteiger partial charge in [0.2, 0.25) is 0 Å². The van der Waals surface area contributed by atoms with Crippen LogP contribution in [-0.4, -0.2) is 35.9 Å². The molecule has 0 saturated carbocycles. The molecule has 1 N–H and O–H groups in total. The first-order chi connectivity index (χ1) is 9.11. The summed E-state index contributed by atoms with van der Waals surface area (Å²) in [5, 5.41) is 0.863. The Morgan fingerprint density at radius 3 is 2.68 bits per heavy atom. The van der Waals surface area contributed by atoms with Gasteiger partial charge in [0.25, 0.3) is 11.8 Å². The third-order valence-electron chi connectivity index (χ3n) is 3.31. The lowest BCUT2D eigenvalue weighted by atomic mass is 10.1. The molecular formula is C14H12N2O3. The van der Waals surface area contributed by atoms with Crippen molar-refractivity contribution in [2.75, 3.05) is 14.2 Å². The number of fused-ring (bicyclic) bond motifs is 1. The third-order valence-corrected chi connectivity index (χ3v) is 3.31. The van der Waals surface area contributed by atoms with Gasteiger partial charge in [-0.05, 0) is 18.2 Å². The molecule has 2 aromatic rings. The first-order valence-corrected chi connectivity index (χ1v) is 5.81. The maximum absolute atomic E-state index is 12.0. The Morgan fingerprint density at radius 2 is 2.05 bits per heavy atom. The molecule has 1 aliphatic rings. The number of imide groups is 1. The van der Waals surface area contributed by atoms with Gasteiger partial charge < -0.3 is 9.72 Å². The van der Waals surface area contributed by atoms with Gasteiger partial charge in [-0.2, -0.15) is 0 Å². The van der Waals surface area contributed by atoms with Gasteiger partial charge in [0.15, 0.2) is 0 Å². The molecule has 0 saturated heterocycles. The molecule has 0 atom stereocenters. The van der Waals surface area contributed by atoms with Crippen LogP contribution in [0.5, 0.6) is 5.75 Å². The van der Waals surface area contributed by atoms with E-state index >= 15 is 0 Å². The second-order valence-electron chi connectivity index (χ2n) is 4.37. The third kappa shape index (κ3) is 1.62. The molecule has 0 fully saturated rings. The van der Waals surface area contributed by atoms with Gasteiger partial charge in [0.05, 0.1) is 12.7 Å². The molecule has 0 aliphatic carbocycles. The number of rotatable bonds is 2. The van der Waals surface area contributed by atoms with E-state index < -0.39 is 0 Å². The molecule has 0 spiro atoms. The van der Waals surface area contributed by atoms with Gasteiger partial charge in [-0.1, -0.05) is 0 Å². The molecule has 19 heavy (non-hydrogen) atoms. The molecule has 1 aromatic carbocycles. The number of nitrogens with one attached hydrogen (secondary N) is 1. The number of hydrogen-bond acceptors (Lipinski definition) is 3. The van der Waals surface area contributed by atoms with Gasteiger partial charge in [0, 0.05) is 35.8 Å². The van der Waals surface area contributed by atoms with Crippen LogP contribution in [0.2, 0.25) is 0 Å². The average Bonchev–Trinajstić information content (AvgIpc) is 2.94. The van der Waals surface area contributed by atoms with Gasteiger partial charge >= 0.3 is 0 Å². The summed E-state index contributed by atoms with van der Waals surface area (Å²) < 4.78 is 5.18. The number of ether oxygens (including phenoxy) is 1. The van der Waals surface area contributed by atoms with Gasteiger partial charge in [0.1, 0.15) is 5.75 Å². The van der Waals surface area contributed by atoms with E-state index in [9.17, 15) is 9.59 Å². The summed E-state index contributed by atoms with van der Waals surface area (Å²) in [5.41, 5.74) is 2.02. The van der Waals surface area contributed by atoms with Crippen LogP contribution in [0.3, 0.4) is 0 Å². The van der Waals surface area contributed by atoms with Crippen molar-refractivity contribution >= 4 is 28.3 Å². The summed E-state index contributed by atoms with van der Waals surface area (Å²) in [6, 6.07) is 5.56. The van der Waals surface area contributed by atoms with E-state index in [0.29, 0.717) is 11.3 Å². The van der Waals surface area contributed by atoms with Crippen molar-refractivity contribution in [3.8, 4) is 5.75 Å². The second kappa shape index (κ2) is 3.98. The fourth-order valence-corrected chi connectivity index (χ4v) is 2.21. The highest BCUT2D eigenvalue weighted by atomic mass is 16.5. The standard InChI is InChI=1S/C14H12N2O3/c1-16-13(17)6-10(14(16)18)11-7-15-12-4-3-8(19-2)5-9(11)12/h3-7,15H,1-2H3. The van der Waals surface area contributed by atoms with Gasteiger partial charge in [-0.25, -0.2) is 0 Å². The zero-order chi connectivity index (χ0) is 13.6. The molecule has 0 bridgehead atoms. The Balaban J connectivity index is 2.18. The van der Waals surface area contributed by atoms with E-state index in [0.717, 1.165) is 21.4 Å². The van der Waals surface area contributed by atoms with E-state index in [1.807, 2.05) is 18.2 Å². The van der Waals surface area contributed by atoms with E-state index in [4.69, 9.17) is 4.74 Å². The second-order valence-corrected chi connectivity index (χ2v) is 4.37. The summed E-state index contributed by atoms with van der Waals surface area (Å²) in [7, 11) is 3.06. The van der Waals surface area contributed by atoms with Crippen LogP contribution in [0.1, 0.15) is 5.56 Å². The SMILES string of the molecule is COc1ccc2[nH]cc(C3=CC(=O)N(C)C3=O)c2c1. The van der Waals surface area contributed by atoms with E-state index in [-0.39, 0.29) is 11.8 Å².